The number of aryl methyl sites for hydroxylation is 1. The lowest BCUT2D eigenvalue weighted by atomic mass is 9.96. The van der Waals surface area contributed by atoms with E-state index in [1.54, 1.807) is 6.08 Å². The van der Waals surface area contributed by atoms with Crippen molar-refractivity contribution in [3.63, 3.8) is 0 Å². The van der Waals surface area contributed by atoms with Crippen molar-refractivity contribution in [3.8, 4) is 11.4 Å². The molecular formula is C23H25N3. The maximum Gasteiger partial charge on any atom is 0.161 e. The number of nitrogens with one attached hydrogen (secondary N) is 1. The lowest BCUT2D eigenvalue weighted by molar-refractivity contribution is 0.665. The minimum atomic E-state index is 0.776. The fourth-order valence-corrected chi connectivity index (χ4v) is 3.09. The number of allylic oxidation sites excluding steroid dienone is 3. The number of rotatable bonds is 5. The molecule has 1 aliphatic carbocycles. The van der Waals surface area contributed by atoms with E-state index < -0.39 is 0 Å². The fraction of sp³-hybridized carbons (Fsp3) is 0.261. The van der Waals surface area contributed by atoms with E-state index in [0.29, 0.717) is 0 Å². The van der Waals surface area contributed by atoms with E-state index in [9.17, 15) is 0 Å². The molecule has 1 aromatic carbocycles. The number of hydrogen-bond acceptors (Lipinski definition) is 3. The Balaban J connectivity index is 2.08. The summed E-state index contributed by atoms with van der Waals surface area (Å²) in [6, 6.07) is 10.2. The van der Waals surface area contributed by atoms with E-state index in [-0.39, 0.29) is 0 Å². The van der Waals surface area contributed by atoms with Gasteiger partial charge in [-0.2, -0.15) is 0 Å². The van der Waals surface area contributed by atoms with Crippen LogP contribution in [0.2, 0.25) is 0 Å². The third kappa shape index (κ3) is 4.38. The predicted octanol–water partition coefficient (Wildman–Crippen LogP) is 5.63. The largest absolute Gasteiger partial charge is 0.333 e. The molecule has 0 unspecified atom stereocenters. The number of hydrogen-bond donors (Lipinski definition) is 1. The Hall–Kier alpha value is -2.90. The van der Waals surface area contributed by atoms with Crippen molar-refractivity contribution in [1.82, 2.24) is 9.97 Å². The number of anilines is 1. The molecule has 1 aromatic heterocycles. The van der Waals surface area contributed by atoms with Crippen LogP contribution in [0.1, 0.15) is 37.9 Å². The van der Waals surface area contributed by atoms with E-state index in [4.69, 9.17) is 9.97 Å². The summed E-state index contributed by atoms with van der Waals surface area (Å²) in [5.41, 5.74) is 8.76. The molecule has 132 valence electrons. The van der Waals surface area contributed by atoms with Gasteiger partial charge in [-0.15, -0.1) is 0 Å². The Morgan fingerprint density at radius 2 is 1.88 bits per heavy atom. The molecule has 0 saturated carbocycles. The van der Waals surface area contributed by atoms with Gasteiger partial charge in [-0.25, -0.2) is 9.97 Å². The highest BCUT2D eigenvalue weighted by atomic mass is 15.0. The van der Waals surface area contributed by atoms with Crippen molar-refractivity contribution < 1.29 is 0 Å². The highest BCUT2D eigenvalue weighted by Crippen LogP contribution is 2.29. The van der Waals surface area contributed by atoms with Gasteiger partial charge in [0.2, 0.25) is 0 Å². The molecule has 0 atom stereocenters. The molecule has 0 aliphatic heterocycles. The third-order valence-corrected chi connectivity index (χ3v) is 4.26. The lowest BCUT2D eigenvalue weighted by Gasteiger charge is -2.20. The van der Waals surface area contributed by atoms with Crippen molar-refractivity contribution in [2.75, 3.05) is 5.32 Å². The smallest absolute Gasteiger partial charge is 0.161 e. The monoisotopic (exact) mass is 343 g/mol. The van der Waals surface area contributed by atoms with Crippen molar-refractivity contribution >= 4 is 5.82 Å². The summed E-state index contributed by atoms with van der Waals surface area (Å²) in [6.45, 7) is 7.88. The van der Waals surface area contributed by atoms with Gasteiger partial charge in [0.15, 0.2) is 5.82 Å². The Morgan fingerprint density at radius 3 is 2.62 bits per heavy atom. The van der Waals surface area contributed by atoms with Crippen molar-refractivity contribution in [2.24, 2.45) is 0 Å². The van der Waals surface area contributed by atoms with Gasteiger partial charge in [-0.1, -0.05) is 54.3 Å². The molecule has 1 aliphatic rings. The first kappa shape index (κ1) is 17.9. The van der Waals surface area contributed by atoms with E-state index in [1.165, 1.54) is 24.0 Å². The lowest BCUT2D eigenvalue weighted by Crippen LogP contribution is -2.13. The Bertz CT molecular complexity index is 881. The van der Waals surface area contributed by atoms with Crippen LogP contribution >= 0.6 is 0 Å². The molecule has 0 spiro atoms. The quantitative estimate of drug-likeness (QED) is 0.565. The molecule has 1 N–H and O–H groups in total. The zero-order valence-corrected chi connectivity index (χ0v) is 15.5. The van der Waals surface area contributed by atoms with E-state index >= 15 is 0 Å². The molecule has 3 heteroatoms. The second-order valence-electron chi connectivity index (χ2n) is 6.70. The Morgan fingerprint density at radius 1 is 1.12 bits per heavy atom. The molecule has 1 heterocycles. The average Bonchev–Trinajstić information content (AvgIpc) is 2.66. The van der Waals surface area contributed by atoms with Crippen LogP contribution in [0, 0.1) is 0 Å². The molecule has 0 radical (unpaired) electrons. The number of benzene rings is 1. The summed E-state index contributed by atoms with van der Waals surface area (Å²) in [6.07, 6.45) is 10.00. The molecule has 0 amide bonds. The fourth-order valence-electron chi connectivity index (χ4n) is 3.09. The van der Waals surface area contributed by atoms with Crippen LogP contribution in [0.3, 0.4) is 0 Å². The molecule has 2 aromatic rings. The van der Waals surface area contributed by atoms with Gasteiger partial charge >= 0.3 is 0 Å². The van der Waals surface area contributed by atoms with Crippen molar-refractivity contribution in [2.45, 2.75) is 39.5 Å². The van der Waals surface area contributed by atoms with E-state index in [2.05, 4.69) is 49.7 Å². The van der Waals surface area contributed by atoms with Gasteiger partial charge < -0.3 is 5.32 Å². The van der Waals surface area contributed by atoms with Crippen LogP contribution in [-0.4, -0.2) is 9.97 Å². The van der Waals surface area contributed by atoms with Crippen molar-refractivity contribution in [1.29, 1.82) is 0 Å². The second-order valence-corrected chi connectivity index (χ2v) is 6.70. The SMILES string of the molecule is C=CC=C=C(C=C(C)C)Nc1nc(-c2ccccc2)nc2c1CCCC2. The highest BCUT2D eigenvalue weighted by molar-refractivity contribution is 5.62. The van der Waals surface area contributed by atoms with Crippen molar-refractivity contribution in [3.05, 3.63) is 83.4 Å². The summed E-state index contributed by atoms with van der Waals surface area (Å²) >= 11 is 0. The van der Waals surface area contributed by atoms with Gasteiger partial charge in [0.1, 0.15) is 5.82 Å². The minimum absolute atomic E-state index is 0.776. The number of aromatic nitrogens is 2. The highest BCUT2D eigenvalue weighted by Gasteiger charge is 2.18. The van der Waals surface area contributed by atoms with Gasteiger partial charge in [-0.05, 0) is 51.7 Å². The maximum absolute atomic E-state index is 4.86. The second kappa shape index (κ2) is 8.46. The molecule has 3 nitrogen and oxygen atoms in total. The molecule has 3 rings (SSSR count). The van der Waals surface area contributed by atoms with E-state index in [0.717, 1.165) is 41.4 Å². The normalized spacial score (nSPS) is 12.4. The first-order valence-corrected chi connectivity index (χ1v) is 9.12. The first-order chi connectivity index (χ1) is 12.7. The Kier molecular flexibility index (Phi) is 5.83. The summed E-state index contributed by atoms with van der Waals surface area (Å²) in [7, 11) is 0. The van der Waals surface area contributed by atoms with Gasteiger partial charge in [0, 0.05) is 16.8 Å². The Labute approximate surface area is 155 Å². The third-order valence-electron chi connectivity index (χ3n) is 4.26. The van der Waals surface area contributed by atoms with Gasteiger partial charge in [0.25, 0.3) is 0 Å². The summed E-state index contributed by atoms with van der Waals surface area (Å²) in [5.74, 6) is 1.67. The standard InChI is InChI=1S/C23H25N3/c1-4-5-13-19(16-17(2)3)24-23-20-14-9-10-15-21(20)25-22(26-23)18-11-7-6-8-12-18/h4-8,11-12,16H,1,9-10,14-15H2,2-3H3,(H,24,25,26). The first-order valence-electron chi connectivity index (χ1n) is 9.12. The summed E-state index contributed by atoms with van der Waals surface area (Å²) in [5, 5.41) is 3.48. The minimum Gasteiger partial charge on any atom is -0.333 e. The molecule has 0 fully saturated rings. The molecule has 0 saturated heterocycles. The molecule has 0 bridgehead atoms. The van der Waals surface area contributed by atoms with Crippen LogP contribution in [0.15, 0.2) is 72.1 Å². The maximum atomic E-state index is 4.86. The number of nitrogens with zero attached hydrogens (tertiary/aromatic N) is 2. The van der Waals surface area contributed by atoms with Crippen LogP contribution in [0.25, 0.3) is 11.4 Å². The molecular weight excluding hydrogens is 318 g/mol. The van der Waals surface area contributed by atoms with E-state index in [1.807, 2.05) is 24.3 Å². The average molecular weight is 343 g/mol. The van der Waals surface area contributed by atoms with Gasteiger partial charge in [0.05, 0.1) is 5.70 Å². The van der Waals surface area contributed by atoms with Crippen LogP contribution in [0.4, 0.5) is 5.82 Å². The summed E-state index contributed by atoms with van der Waals surface area (Å²) < 4.78 is 0. The predicted molar refractivity (Wildman–Crippen MR) is 109 cm³/mol. The number of fused-ring (bicyclic) bond motifs is 1. The van der Waals surface area contributed by atoms with Crippen LogP contribution in [-0.2, 0) is 12.8 Å². The van der Waals surface area contributed by atoms with Crippen LogP contribution < -0.4 is 5.32 Å². The van der Waals surface area contributed by atoms with Crippen LogP contribution in [0.5, 0.6) is 0 Å². The zero-order chi connectivity index (χ0) is 18.4. The molecule has 26 heavy (non-hydrogen) atoms. The topological polar surface area (TPSA) is 37.8 Å². The zero-order valence-electron chi connectivity index (χ0n) is 15.5. The summed E-state index contributed by atoms with van der Waals surface area (Å²) in [4.78, 5) is 9.71. The van der Waals surface area contributed by atoms with Gasteiger partial charge in [-0.3, -0.25) is 0 Å².